The lowest BCUT2D eigenvalue weighted by Crippen LogP contribution is -2.27. The lowest BCUT2D eigenvalue weighted by Gasteiger charge is -2.21. The van der Waals surface area contributed by atoms with Gasteiger partial charge in [-0.2, -0.15) is 0 Å². The molecule has 1 unspecified atom stereocenters. The Labute approximate surface area is 118 Å². The van der Waals surface area contributed by atoms with Gasteiger partial charge in [-0.1, -0.05) is 6.07 Å². The molecule has 20 heavy (non-hydrogen) atoms. The van der Waals surface area contributed by atoms with Crippen molar-refractivity contribution in [3.05, 3.63) is 23.8 Å². The van der Waals surface area contributed by atoms with Gasteiger partial charge in [0.15, 0.2) is 0 Å². The molecule has 0 aliphatic carbocycles. The van der Waals surface area contributed by atoms with Crippen LogP contribution in [0.25, 0.3) is 0 Å². The summed E-state index contributed by atoms with van der Waals surface area (Å²) in [4.78, 5) is 11.8. The molecule has 0 saturated heterocycles. The molecule has 0 aromatic heterocycles. The fourth-order valence-electron chi connectivity index (χ4n) is 1.57. The lowest BCUT2D eigenvalue weighted by molar-refractivity contribution is 0.0634. The number of methoxy groups -OCH3 is 1. The Bertz CT molecular complexity index is 467. The minimum atomic E-state index is -1.09. The van der Waals surface area contributed by atoms with Crippen molar-refractivity contribution < 1.29 is 24.5 Å². The van der Waals surface area contributed by atoms with Gasteiger partial charge >= 0.3 is 6.09 Å². The number of anilines is 1. The highest BCUT2D eigenvalue weighted by molar-refractivity contribution is 5.86. The van der Waals surface area contributed by atoms with E-state index in [1.807, 2.05) is 0 Å². The molecule has 0 heterocycles. The van der Waals surface area contributed by atoms with Crippen LogP contribution in [0.1, 0.15) is 32.4 Å². The topological polar surface area (TPSA) is 88.0 Å². The molecule has 1 amide bonds. The van der Waals surface area contributed by atoms with Crippen LogP contribution in [0.5, 0.6) is 5.75 Å². The highest BCUT2D eigenvalue weighted by Crippen LogP contribution is 2.28. The number of amides is 1. The second-order valence-electron chi connectivity index (χ2n) is 5.28. The standard InChI is InChI=1S/C14H21NO5/c1-14(2,3)20-13(18)15-11-7-9(19-4)5-6-10(11)12(17)8-16/h5-7,12,16-17H,8H2,1-4H3,(H,15,18). The number of ether oxygens (including phenoxy) is 2. The Kier molecular flexibility index (Phi) is 5.35. The fourth-order valence-corrected chi connectivity index (χ4v) is 1.57. The van der Waals surface area contributed by atoms with Gasteiger partial charge in [-0.05, 0) is 26.8 Å². The molecule has 6 nitrogen and oxygen atoms in total. The van der Waals surface area contributed by atoms with Gasteiger partial charge in [-0.3, -0.25) is 5.32 Å². The summed E-state index contributed by atoms with van der Waals surface area (Å²) in [5, 5.41) is 21.3. The first-order chi connectivity index (χ1) is 9.26. The van der Waals surface area contributed by atoms with E-state index in [0.717, 1.165) is 0 Å². The second kappa shape index (κ2) is 6.58. The predicted molar refractivity (Wildman–Crippen MR) is 74.9 cm³/mol. The molecule has 1 rings (SSSR count). The van der Waals surface area contributed by atoms with Crippen LogP contribution in [0.15, 0.2) is 18.2 Å². The van der Waals surface area contributed by atoms with E-state index in [1.54, 1.807) is 39.0 Å². The molecule has 0 spiro atoms. The van der Waals surface area contributed by atoms with Crippen LogP contribution < -0.4 is 10.1 Å². The first kappa shape index (κ1) is 16.3. The van der Waals surface area contributed by atoms with E-state index in [0.29, 0.717) is 17.0 Å². The summed E-state index contributed by atoms with van der Waals surface area (Å²) in [5.74, 6) is 0.518. The predicted octanol–water partition coefficient (Wildman–Crippen LogP) is 2.07. The Morgan fingerprint density at radius 1 is 1.40 bits per heavy atom. The molecular formula is C14H21NO5. The van der Waals surface area contributed by atoms with Crippen molar-refractivity contribution in [2.75, 3.05) is 19.0 Å². The highest BCUT2D eigenvalue weighted by atomic mass is 16.6. The van der Waals surface area contributed by atoms with Crippen LogP contribution in [0.4, 0.5) is 10.5 Å². The minimum Gasteiger partial charge on any atom is -0.497 e. The second-order valence-corrected chi connectivity index (χ2v) is 5.28. The Hall–Kier alpha value is -1.79. The van der Waals surface area contributed by atoms with Crippen molar-refractivity contribution in [3.63, 3.8) is 0 Å². The highest BCUT2D eigenvalue weighted by Gasteiger charge is 2.19. The average Bonchev–Trinajstić information content (AvgIpc) is 2.35. The smallest absolute Gasteiger partial charge is 0.412 e. The van der Waals surface area contributed by atoms with E-state index in [4.69, 9.17) is 14.6 Å². The number of hydrogen-bond donors (Lipinski definition) is 3. The number of carbonyl (C=O) groups is 1. The van der Waals surface area contributed by atoms with Crippen molar-refractivity contribution >= 4 is 11.8 Å². The number of hydrogen-bond acceptors (Lipinski definition) is 5. The largest absolute Gasteiger partial charge is 0.497 e. The summed E-state index contributed by atoms with van der Waals surface area (Å²) in [5.41, 5.74) is 0.0953. The van der Waals surface area contributed by atoms with Gasteiger partial charge in [0, 0.05) is 11.6 Å². The van der Waals surface area contributed by atoms with Crippen molar-refractivity contribution in [3.8, 4) is 5.75 Å². The van der Waals surface area contributed by atoms with Crippen LogP contribution in [-0.4, -0.2) is 35.6 Å². The molecule has 0 fully saturated rings. The molecule has 0 saturated carbocycles. The Morgan fingerprint density at radius 3 is 2.55 bits per heavy atom. The number of aliphatic hydroxyl groups excluding tert-OH is 2. The summed E-state index contributed by atoms with van der Waals surface area (Å²) in [6, 6.07) is 4.76. The van der Waals surface area contributed by atoms with Gasteiger partial charge in [0.25, 0.3) is 0 Å². The minimum absolute atomic E-state index is 0.333. The van der Waals surface area contributed by atoms with E-state index in [2.05, 4.69) is 5.32 Å². The first-order valence-electron chi connectivity index (χ1n) is 6.23. The number of carbonyl (C=O) groups excluding carboxylic acids is 1. The Morgan fingerprint density at radius 2 is 2.05 bits per heavy atom. The third kappa shape index (κ3) is 4.71. The molecule has 1 aromatic carbocycles. The van der Waals surface area contributed by atoms with Crippen LogP contribution >= 0.6 is 0 Å². The third-order valence-corrected chi connectivity index (χ3v) is 2.43. The van der Waals surface area contributed by atoms with E-state index < -0.39 is 24.4 Å². The quantitative estimate of drug-likeness (QED) is 0.787. The van der Waals surface area contributed by atoms with E-state index >= 15 is 0 Å². The van der Waals surface area contributed by atoms with Gasteiger partial charge in [-0.25, -0.2) is 4.79 Å². The number of aliphatic hydroxyl groups is 2. The SMILES string of the molecule is COc1ccc(C(O)CO)c(NC(=O)OC(C)(C)C)c1. The maximum atomic E-state index is 11.8. The van der Waals surface area contributed by atoms with Crippen LogP contribution in [0.2, 0.25) is 0 Å². The number of rotatable bonds is 4. The molecule has 0 radical (unpaired) electrons. The zero-order chi connectivity index (χ0) is 15.3. The van der Waals surface area contributed by atoms with Gasteiger partial charge in [0.1, 0.15) is 17.5 Å². The van der Waals surface area contributed by atoms with Crippen LogP contribution in [0, 0.1) is 0 Å². The van der Waals surface area contributed by atoms with Crippen molar-refractivity contribution in [2.24, 2.45) is 0 Å². The van der Waals surface area contributed by atoms with E-state index in [9.17, 15) is 9.90 Å². The molecular weight excluding hydrogens is 262 g/mol. The summed E-state index contributed by atoms with van der Waals surface area (Å²) in [7, 11) is 1.49. The molecule has 0 bridgehead atoms. The maximum absolute atomic E-state index is 11.8. The van der Waals surface area contributed by atoms with E-state index in [1.165, 1.54) is 7.11 Å². The van der Waals surface area contributed by atoms with Gasteiger partial charge in [0.2, 0.25) is 0 Å². The van der Waals surface area contributed by atoms with Crippen LogP contribution in [0.3, 0.4) is 0 Å². The van der Waals surface area contributed by atoms with Crippen molar-refractivity contribution in [1.82, 2.24) is 0 Å². The first-order valence-corrected chi connectivity index (χ1v) is 6.23. The van der Waals surface area contributed by atoms with Gasteiger partial charge < -0.3 is 19.7 Å². The average molecular weight is 283 g/mol. The zero-order valence-electron chi connectivity index (χ0n) is 12.1. The summed E-state index contributed by atoms with van der Waals surface area (Å²) in [6.07, 6.45) is -1.73. The molecule has 0 aliphatic rings. The third-order valence-electron chi connectivity index (χ3n) is 2.43. The van der Waals surface area contributed by atoms with Crippen molar-refractivity contribution in [1.29, 1.82) is 0 Å². The number of benzene rings is 1. The van der Waals surface area contributed by atoms with Crippen LogP contribution in [-0.2, 0) is 4.74 Å². The zero-order valence-corrected chi connectivity index (χ0v) is 12.1. The molecule has 3 N–H and O–H groups in total. The van der Waals surface area contributed by atoms with Crippen molar-refractivity contribution in [2.45, 2.75) is 32.5 Å². The normalized spacial score (nSPS) is 12.7. The molecule has 0 aliphatic heterocycles. The Balaban J connectivity index is 2.98. The number of nitrogens with one attached hydrogen (secondary N) is 1. The van der Waals surface area contributed by atoms with Gasteiger partial charge in [0.05, 0.1) is 19.4 Å². The summed E-state index contributed by atoms with van der Waals surface area (Å²) in [6.45, 7) is 4.81. The molecule has 6 heteroatoms. The lowest BCUT2D eigenvalue weighted by atomic mass is 10.1. The molecule has 1 atom stereocenters. The molecule has 112 valence electrons. The summed E-state index contributed by atoms with van der Waals surface area (Å²) < 4.78 is 10.2. The van der Waals surface area contributed by atoms with Gasteiger partial charge in [-0.15, -0.1) is 0 Å². The summed E-state index contributed by atoms with van der Waals surface area (Å²) >= 11 is 0. The van der Waals surface area contributed by atoms with E-state index in [-0.39, 0.29) is 0 Å². The molecule has 1 aromatic rings. The maximum Gasteiger partial charge on any atom is 0.412 e. The fraction of sp³-hybridized carbons (Fsp3) is 0.500. The monoisotopic (exact) mass is 283 g/mol.